The standard InChI is InChI=1S/C15H14N2O5S/c1-9-5-6-11(17(20)21)14(10(9)2)16-13(18)8-22-15(19)12-4-3-7-23-12/h3-7H,8H2,1-2H3,(H,16,18). The van der Waals surface area contributed by atoms with E-state index in [2.05, 4.69) is 5.32 Å². The SMILES string of the molecule is Cc1ccc([N+](=O)[O-])c(NC(=O)COC(=O)c2cccs2)c1C. The van der Waals surface area contributed by atoms with E-state index in [0.29, 0.717) is 10.4 Å². The molecule has 0 fully saturated rings. The fourth-order valence-corrected chi connectivity index (χ4v) is 2.50. The van der Waals surface area contributed by atoms with Crippen LogP contribution in [0.5, 0.6) is 0 Å². The number of ether oxygens (including phenoxy) is 1. The quantitative estimate of drug-likeness (QED) is 0.515. The van der Waals surface area contributed by atoms with Gasteiger partial charge in [-0.25, -0.2) is 4.79 Å². The molecule has 23 heavy (non-hydrogen) atoms. The molecule has 2 aromatic rings. The average molecular weight is 334 g/mol. The van der Waals surface area contributed by atoms with Crippen molar-refractivity contribution >= 4 is 34.6 Å². The van der Waals surface area contributed by atoms with Crippen LogP contribution in [0.4, 0.5) is 11.4 Å². The van der Waals surface area contributed by atoms with Gasteiger partial charge in [0.2, 0.25) is 0 Å². The van der Waals surface area contributed by atoms with E-state index in [1.165, 1.54) is 17.4 Å². The maximum Gasteiger partial charge on any atom is 0.348 e. The number of amides is 1. The molecule has 1 aromatic heterocycles. The topological polar surface area (TPSA) is 98.5 Å². The second-order valence-corrected chi connectivity index (χ2v) is 5.71. The van der Waals surface area contributed by atoms with Crippen molar-refractivity contribution in [3.05, 3.63) is 55.8 Å². The zero-order valence-corrected chi connectivity index (χ0v) is 13.3. The van der Waals surface area contributed by atoms with Gasteiger partial charge in [0.15, 0.2) is 6.61 Å². The van der Waals surface area contributed by atoms with Crippen LogP contribution in [0.15, 0.2) is 29.6 Å². The van der Waals surface area contributed by atoms with Crippen LogP contribution < -0.4 is 5.32 Å². The highest BCUT2D eigenvalue weighted by Crippen LogP contribution is 2.30. The van der Waals surface area contributed by atoms with Gasteiger partial charge >= 0.3 is 5.97 Å². The lowest BCUT2D eigenvalue weighted by Gasteiger charge is -2.11. The molecule has 0 aliphatic rings. The summed E-state index contributed by atoms with van der Waals surface area (Å²) < 4.78 is 4.88. The highest BCUT2D eigenvalue weighted by molar-refractivity contribution is 7.11. The number of benzene rings is 1. The fraction of sp³-hybridized carbons (Fsp3) is 0.200. The molecule has 120 valence electrons. The van der Waals surface area contributed by atoms with Crippen molar-refractivity contribution in [1.82, 2.24) is 0 Å². The van der Waals surface area contributed by atoms with Crippen molar-refractivity contribution in [3.63, 3.8) is 0 Å². The van der Waals surface area contributed by atoms with E-state index >= 15 is 0 Å². The lowest BCUT2D eigenvalue weighted by Crippen LogP contribution is -2.21. The highest BCUT2D eigenvalue weighted by atomic mass is 32.1. The molecule has 0 aliphatic heterocycles. The van der Waals surface area contributed by atoms with E-state index in [0.717, 1.165) is 5.56 Å². The molecular formula is C15H14N2O5S. The molecule has 0 atom stereocenters. The number of hydrogen-bond acceptors (Lipinski definition) is 6. The molecule has 0 radical (unpaired) electrons. The minimum atomic E-state index is -0.633. The van der Waals surface area contributed by atoms with Gasteiger partial charge in [-0.2, -0.15) is 0 Å². The number of anilines is 1. The van der Waals surface area contributed by atoms with Crippen LogP contribution in [0.25, 0.3) is 0 Å². The summed E-state index contributed by atoms with van der Waals surface area (Å²) in [4.78, 5) is 34.4. The minimum absolute atomic E-state index is 0.118. The van der Waals surface area contributed by atoms with Gasteiger partial charge in [0.25, 0.3) is 11.6 Å². The van der Waals surface area contributed by atoms with Crippen LogP contribution in [0, 0.1) is 24.0 Å². The van der Waals surface area contributed by atoms with Gasteiger partial charge in [0.1, 0.15) is 10.6 Å². The number of aryl methyl sites for hydroxylation is 1. The zero-order chi connectivity index (χ0) is 17.0. The van der Waals surface area contributed by atoms with E-state index < -0.39 is 23.4 Å². The van der Waals surface area contributed by atoms with Gasteiger partial charge in [0, 0.05) is 6.07 Å². The number of esters is 1. The van der Waals surface area contributed by atoms with Crippen LogP contribution in [0.1, 0.15) is 20.8 Å². The minimum Gasteiger partial charge on any atom is -0.451 e. The lowest BCUT2D eigenvalue weighted by molar-refractivity contribution is -0.384. The Morgan fingerprint density at radius 2 is 2.04 bits per heavy atom. The van der Waals surface area contributed by atoms with Crippen LogP contribution in [-0.2, 0) is 9.53 Å². The number of hydrogen-bond donors (Lipinski definition) is 1. The summed E-state index contributed by atoms with van der Waals surface area (Å²) in [6.45, 7) is 2.95. The Bertz CT molecular complexity index is 755. The van der Waals surface area contributed by atoms with Crippen molar-refractivity contribution in [2.24, 2.45) is 0 Å². The van der Waals surface area contributed by atoms with Crippen molar-refractivity contribution in [1.29, 1.82) is 0 Å². The zero-order valence-electron chi connectivity index (χ0n) is 12.5. The first-order valence-electron chi connectivity index (χ1n) is 6.65. The molecule has 0 bridgehead atoms. The number of carbonyl (C=O) groups excluding carboxylic acids is 2. The summed E-state index contributed by atoms with van der Waals surface area (Å²) in [6, 6.07) is 6.22. The van der Waals surface area contributed by atoms with Gasteiger partial charge < -0.3 is 10.1 Å². The molecule has 0 saturated carbocycles. The number of nitrogens with one attached hydrogen (secondary N) is 1. The summed E-state index contributed by atoms with van der Waals surface area (Å²) >= 11 is 1.20. The number of carbonyl (C=O) groups is 2. The second kappa shape index (κ2) is 7.01. The number of nitro benzene ring substituents is 1. The third kappa shape index (κ3) is 3.92. The maximum atomic E-state index is 11.9. The summed E-state index contributed by atoms with van der Waals surface area (Å²) in [5.74, 6) is -1.24. The van der Waals surface area contributed by atoms with Crippen molar-refractivity contribution < 1.29 is 19.2 Å². The third-order valence-electron chi connectivity index (χ3n) is 3.23. The van der Waals surface area contributed by atoms with E-state index in [1.54, 1.807) is 37.4 Å². The van der Waals surface area contributed by atoms with E-state index in [1.807, 2.05) is 0 Å². The van der Waals surface area contributed by atoms with Crippen LogP contribution in [0.2, 0.25) is 0 Å². The molecule has 0 spiro atoms. The smallest absolute Gasteiger partial charge is 0.348 e. The molecular weight excluding hydrogens is 320 g/mol. The molecule has 2 rings (SSSR count). The molecule has 7 nitrogen and oxygen atoms in total. The maximum absolute atomic E-state index is 11.9. The molecule has 1 N–H and O–H groups in total. The van der Waals surface area contributed by atoms with Crippen LogP contribution in [-0.4, -0.2) is 23.4 Å². The average Bonchev–Trinajstić information content (AvgIpc) is 3.03. The molecule has 0 aliphatic carbocycles. The van der Waals surface area contributed by atoms with Crippen LogP contribution >= 0.6 is 11.3 Å². The van der Waals surface area contributed by atoms with Gasteiger partial charge in [-0.3, -0.25) is 14.9 Å². The molecule has 1 aromatic carbocycles. The normalized spacial score (nSPS) is 10.2. The summed E-state index contributed by atoms with van der Waals surface area (Å²) in [5.41, 5.74) is 1.32. The van der Waals surface area contributed by atoms with Gasteiger partial charge in [-0.1, -0.05) is 12.1 Å². The number of thiophene rings is 1. The Hall–Kier alpha value is -2.74. The third-order valence-corrected chi connectivity index (χ3v) is 4.08. The van der Waals surface area contributed by atoms with Crippen molar-refractivity contribution in [2.75, 3.05) is 11.9 Å². The summed E-state index contributed by atoms with van der Waals surface area (Å²) in [5, 5.41) is 15.2. The molecule has 0 saturated heterocycles. The number of nitro groups is 1. The predicted octanol–water partition coefficient (Wildman–Crippen LogP) is 3.07. The molecule has 1 heterocycles. The van der Waals surface area contributed by atoms with Crippen molar-refractivity contribution in [2.45, 2.75) is 13.8 Å². The van der Waals surface area contributed by atoms with Gasteiger partial charge in [-0.15, -0.1) is 11.3 Å². The lowest BCUT2D eigenvalue weighted by atomic mass is 10.1. The van der Waals surface area contributed by atoms with Gasteiger partial charge in [0.05, 0.1) is 4.92 Å². The number of rotatable bonds is 5. The Labute approximate surface area is 136 Å². The summed E-state index contributed by atoms with van der Waals surface area (Å²) in [7, 11) is 0. The Morgan fingerprint density at radius 3 is 2.65 bits per heavy atom. The Balaban J connectivity index is 2.07. The Kier molecular flexibility index (Phi) is 5.07. The first-order chi connectivity index (χ1) is 10.9. The van der Waals surface area contributed by atoms with Crippen LogP contribution in [0.3, 0.4) is 0 Å². The van der Waals surface area contributed by atoms with E-state index in [9.17, 15) is 19.7 Å². The molecule has 1 amide bonds. The van der Waals surface area contributed by atoms with Gasteiger partial charge in [-0.05, 0) is 36.4 Å². The highest BCUT2D eigenvalue weighted by Gasteiger charge is 2.20. The van der Waals surface area contributed by atoms with E-state index in [-0.39, 0.29) is 11.4 Å². The molecule has 0 unspecified atom stereocenters. The first kappa shape index (κ1) is 16.6. The van der Waals surface area contributed by atoms with Crippen molar-refractivity contribution in [3.8, 4) is 0 Å². The predicted molar refractivity (Wildman–Crippen MR) is 85.8 cm³/mol. The Morgan fingerprint density at radius 1 is 1.30 bits per heavy atom. The number of nitrogens with zero attached hydrogens (tertiary/aromatic N) is 1. The summed E-state index contributed by atoms with van der Waals surface area (Å²) in [6.07, 6.45) is 0. The second-order valence-electron chi connectivity index (χ2n) is 4.76. The van der Waals surface area contributed by atoms with E-state index in [4.69, 9.17) is 4.74 Å². The molecule has 8 heteroatoms. The first-order valence-corrected chi connectivity index (χ1v) is 7.53. The monoisotopic (exact) mass is 334 g/mol. The largest absolute Gasteiger partial charge is 0.451 e. The fourth-order valence-electron chi connectivity index (χ4n) is 1.88.